The fourth-order valence-electron chi connectivity index (χ4n) is 2.40. The fourth-order valence-corrected chi connectivity index (χ4v) is 3.22. The van der Waals surface area contributed by atoms with Gasteiger partial charge >= 0.3 is 0 Å². The molecule has 134 valence electrons. The first-order valence-electron chi connectivity index (χ1n) is 8.36. The number of aromatic nitrogens is 3. The van der Waals surface area contributed by atoms with Crippen molar-refractivity contribution in [2.75, 3.05) is 11.1 Å². The van der Waals surface area contributed by atoms with Crippen molar-refractivity contribution in [1.29, 1.82) is 0 Å². The van der Waals surface area contributed by atoms with Crippen LogP contribution in [0.3, 0.4) is 0 Å². The standard InChI is InChI=1S/C18H24N4O2S/c1-5-22-16(9-12(2)3)20-21-18(22)25-11-17(24)19-15-8-6-7-14(10-15)13(4)23/h6-8,10,12H,5,9,11H2,1-4H3,(H,19,24). The quantitative estimate of drug-likeness (QED) is 0.576. The van der Waals surface area contributed by atoms with Gasteiger partial charge in [-0.2, -0.15) is 0 Å². The van der Waals surface area contributed by atoms with Crippen molar-refractivity contribution in [2.45, 2.75) is 45.8 Å². The molecule has 1 heterocycles. The molecule has 0 unspecified atom stereocenters. The fraction of sp³-hybridized carbons (Fsp3) is 0.444. The number of hydrogen-bond acceptors (Lipinski definition) is 5. The van der Waals surface area contributed by atoms with Gasteiger partial charge in [0.2, 0.25) is 5.91 Å². The van der Waals surface area contributed by atoms with Crippen LogP contribution in [0.15, 0.2) is 29.4 Å². The number of nitrogens with zero attached hydrogens (tertiary/aromatic N) is 3. The Balaban J connectivity index is 1.97. The van der Waals surface area contributed by atoms with Crippen LogP contribution in [0.25, 0.3) is 0 Å². The third kappa shape index (κ3) is 5.42. The van der Waals surface area contributed by atoms with Gasteiger partial charge in [-0.1, -0.05) is 37.7 Å². The third-order valence-corrected chi connectivity index (χ3v) is 4.55. The number of carbonyl (C=O) groups is 2. The Hall–Kier alpha value is -2.15. The number of anilines is 1. The largest absolute Gasteiger partial charge is 0.325 e. The molecule has 0 aliphatic heterocycles. The zero-order valence-corrected chi connectivity index (χ0v) is 15.9. The van der Waals surface area contributed by atoms with Gasteiger partial charge in [0.05, 0.1) is 5.75 Å². The predicted molar refractivity (Wildman–Crippen MR) is 100 cm³/mol. The van der Waals surface area contributed by atoms with E-state index in [-0.39, 0.29) is 17.4 Å². The summed E-state index contributed by atoms with van der Waals surface area (Å²) in [6, 6.07) is 6.93. The minimum atomic E-state index is -0.137. The molecule has 7 heteroatoms. The van der Waals surface area contributed by atoms with Crippen molar-refractivity contribution in [2.24, 2.45) is 5.92 Å². The number of carbonyl (C=O) groups excluding carboxylic acids is 2. The first-order valence-corrected chi connectivity index (χ1v) is 9.35. The van der Waals surface area contributed by atoms with Crippen molar-refractivity contribution in [1.82, 2.24) is 14.8 Å². The van der Waals surface area contributed by atoms with E-state index in [0.29, 0.717) is 17.2 Å². The monoisotopic (exact) mass is 360 g/mol. The first-order chi connectivity index (χ1) is 11.9. The van der Waals surface area contributed by atoms with Gasteiger partial charge in [0.1, 0.15) is 5.82 Å². The summed E-state index contributed by atoms with van der Waals surface area (Å²) < 4.78 is 2.05. The van der Waals surface area contributed by atoms with E-state index >= 15 is 0 Å². The van der Waals surface area contributed by atoms with Gasteiger partial charge in [-0.25, -0.2) is 0 Å². The van der Waals surface area contributed by atoms with E-state index in [9.17, 15) is 9.59 Å². The van der Waals surface area contributed by atoms with Gasteiger partial charge in [0.25, 0.3) is 0 Å². The van der Waals surface area contributed by atoms with Crippen LogP contribution < -0.4 is 5.32 Å². The minimum absolute atomic E-state index is 0.0285. The lowest BCUT2D eigenvalue weighted by Crippen LogP contribution is -2.15. The molecule has 0 aliphatic carbocycles. The summed E-state index contributed by atoms with van der Waals surface area (Å²) in [6.07, 6.45) is 0.867. The van der Waals surface area contributed by atoms with Crippen molar-refractivity contribution >= 4 is 29.1 Å². The van der Waals surface area contributed by atoms with Gasteiger partial charge in [0, 0.05) is 24.2 Å². The molecular formula is C18H24N4O2S. The van der Waals surface area contributed by atoms with Gasteiger partial charge in [-0.15, -0.1) is 10.2 Å². The molecule has 0 saturated carbocycles. The molecule has 0 spiro atoms. The molecule has 2 aromatic rings. The van der Waals surface area contributed by atoms with Crippen LogP contribution in [0.1, 0.15) is 43.9 Å². The van der Waals surface area contributed by atoms with E-state index in [1.807, 2.05) is 11.5 Å². The van der Waals surface area contributed by atoms with E-state index in [1.165, 1.54) is 18.7 Å². The van der Waals surface area contributed by atoms with Crippen LogP contribution in [-0.4, -0.2) is 32.2 Å². The molecule has 1 aromatic carbocycles. The first kappa shape index (κ1) is 19.2. The average molecular weight is 360 g/mol. The molecule has 0 bridgehead atoms. The van der Waals surface area contributed by atoms with Crippen LogP contribution in [0.2, 0.25) is 0 Å². The molecular weight excluding hydrogens is 336 g/mol. The predicted octanol–water partition coefficient (Wildman–Crippen LogP) is 3.43. The summed E-state index contributed by atoms with van der Waals surface area (Å²) in [4.78, 5) is 23.6. The van der Waals surface area contributed by atoms with Crippen molar-refractivity contribution in [3.05, 3.63) is 35.7 Å². The number of nitrogens with one attached hydrogen (secondary N) is 1. The van der Waals surface area contributed by atoms with Crippen LogP contribution in [0.5, 0.6) is 0 Å². The Morgan fingerprint density at radius 1 is 1.28 bits per heavy atom. The van der Waals surface area contributed by atoms with Gasteiger partial charge in [-0.05, 0) is 31.9 Å². The summed E-state index contributed by atoms with van der Waals surface area (Å²) >= 11 is 1.37. The number of benzene rings is 1. The minimum Gasteiger partial charge on any atom is -0.325 e. The molecule has 0 fully saturated rings. The Kier molecular flexibility index (Phi) is 6.75. The number of Topliss-reactive ketones (excluding diaryl/α,β-unsaturated/α-hetero) is 1. The maximum atomic E-state index is 12.2. The molecule has 0 saturated heterocycles. The van der Waals surface area contributed by atoms with E-state index < -0.39 is 0 Å². The number of rotatable bonds is 8. The average Bonchev–Trinajstić information content (AvgIpc) is 2.94. The van der Waals surface area contributed by atoms with Crippen LogP contribution in [-0.2, 0) is 17.8 Å². The topological polar surface area (TPSA) is 76.9 Å². The van der Waals surface area contributed by atoms with Crippen molar-refractivity contribution in [3.8, 4) is 0 Å². The van der Waals surface area contributed by atoms with Gasteiger partial charge in [-0.3, -0.25) is 9.59 Å². The molecule has 1 amide bonds. The number of thioether (sulfide) groups is 1. The summed E-state index contributed by atoms with van der Waals surface area (Å²) in [5, 5.41) is 12.0. The van der Waals surface area contributed by atoms with Crippen LogP contribution >= 0.6 is 11.8 Å². The molecule has 1 aromatic heterocycles. The highest BCUT2D eigenvalue weighted by molar-refractivity contribution is 7.99. The van der Waals surface area contributed by atoms with Gasteiger partial charge < -0.3 is 9.88 Å². The normalized spacial score (nSPS) is 10.9. The zero-order valence-electron chi connectivity index (χ0n) is 15.1. The second-order valence-electron chi connectivity index (χ2n) is 6.21. The number of amides is 1. The number of ketones is 1. The van der Waals surface area contributed by atoms with E-state index in [2.05, 4.69) is 29.4 Å². The Bertz CT molecular complexity index is 755. The lowest BCUT2D eigenvalue weighted by Gasteiger charge is -2.09. The van der Waals surface area contributed by atoms with E-state index in [1.54, 1.807) is 24.3 Å². The second-order valence-corrected chi connectivity index (χ2v) is 7.16. The molecule has 25 heavy (non-hydrogen) atoms. The molecule has 1 N–H and O–H groups in total. The summed E-state index contributed by atoms with van der Waals surface area (Å²) in [7, 11) is 0. The molecule has 2 rings (SSSR count). The molecule has 0 radical (unpaired) electrons. The Morgan fingerprint density at radius 3 is 2.68 bits per heavy atom. The number of hydrogen-bond donors (Lipinski definition) is 1. The molecule has 0 atom stereocenters. The third-order valence-electron chi connectivity index (χ3n) is 3.59. The van der Waals surface area contributed by atoms with E-state index in [4.69, 9.17) is 0 Å². The van der Waals surface area contributed by atoms with Crippen molar-refractivity contribution in [3.63, 3.8) is 0 Å². The maximum Gasteiger partial charge on any atom is 0.234 e. The Labute approximate surface area is 152 Å². The maximum absolute atomic E-state index is 12.2. The summed E-state index contributed by atoms with van der Waals surface area (Å²) in [5.74, 6) is 1.53. The van der Waals surface area contributed by atoms with Crippen molar-refractivity contribution < 1.29 is 9.59 Å². The molecule has 0 aliphatic rings. The van der Waals surface area contributed by atoms with E-state index in [0.717, 1.165) is 23.9 Å². The SMILES string of the molecule is CCn1c(CC(C)C)nnc1SCC(=O)Nc1cccc(C(C)=O)c1. The highest BCUT2D eigenvalue weighted by Gasteiger charge is 2.14. The smallest absolute Gasteiger partial charge is 0.234 e. The second kappa shape index (κ2) is 8.80. The Morgan fingerprint density at radius 2 is 2.04 bits per heavy atom. The lowest BCUT2D eigenvalue weighted by atomic mass is 10.1. The summed E-state index contributed by atoms with van der Waals surface area (Å²) in [6.45, 7) is 8.61. The summed E-state index contributed by atoms with van der Waals surface area (Å²) in [5.41, 5.74) is 1.20. The highest BCUT2D eigenvalue weighted by Crippen LogP contribution is 2.19. The molecule has 6 nitrogen and oxygen atoms in total. The van der Waals surface area contributed by atoms with Gasteiger partial charge in [0.15, 0.2) is 10.9 Å². The zero-order chi connectivity index (χ0) is 18.4. The van der Waals surface area contributed by atoms with Crippen LogP contribution in [0, 0.1) is 5.92 Å². The highest BCUT2D eigenvalue weighted by atomic mass is 32.2. The lowest BCUT2D eigenvalue weighted by molar-refractivity contribution is -0.113. The van der Waals surface area contributed by atoms with Crippen LogP contribution in [0.4, 0.5) is 5.69 Å².